The maximum Gasteiger partial charge on any atom is 0.234 e. The molecule has 1 amide bonds. The van der Waals surface area contributed by atoms with Crippen molar-refractivity contribution in [2.75, 3.05) is 11.1 Å². The number of halogens is 4. The fraction of sp³-hybridized carbons (Fsp3) is 0.133. The first-order chi connectivity index (χ1) is 10.5. The Labute approximate surface area is 146 Å². The van der Waals surface area contributed by atoms with Crippen molar-refractivity contribution in [1.29, 1.82) is 0 Å². The van der Waals surface area contributed by atoms with Crippen LogP contribution in [0.4, 0.5) is 10.1 Å². The fourth-order valence-electron chi connectivity index (χ4n) is 1.69. The van der Waals surface area contributed by atoms with Gasteiger partial charge in [0.05, 0.1) is 15.8 Å². The van der Waals surface area contributed by atoms with Crippen LogP contribution in [0.5, 0.6) is 0 Å². The highest BCUT2D eigenvalue weighted by atomic mass is 35.5. The van der Waals surface area contributed by atoms with Crippen molar-refractivity contribution in [2.24, 2.45) is 0 Å². The molecule has 0 spiro atoms. The van der Waals surface area contributed by atoms with Gasteiger partial charge in [0.1, 0.15) is 5.82 Å². The van der Waals surface area contributed by atoms with E-state index in [9.17, 15) is 9.18 Å². The first-order valence-corrected chi connectivity index (χ1v) is 8.52. The van der Waals surface area contributed by atoms with E-state index >= 15 is 0 Å². The van der Waals surface area contributed by atoms with Crippen LogP contribution in [-0.4, -0.2) is 11.7 Å². The van der Waals surface area contributed by atoms with Crippen LogP contribution in [0, 0.1) is 5.82 Å². The van der Waals surface area contributed by atoms with Crippen molar-refractivity contribution >= 4 is 58.2 Å². The van der Waals surface area contributed by atoms with Crippen LogP contribution in [0.2, 0.25) is 15.1 Å². The number of carbonyl (C=O) groups is 1. The second kappa shape index (κ2) is 8.06. The molecule has 0 saturated carbocycles. The summed E-state index contributed by atoms with van der Waals surface area (Å²) >= 11 is 18.9. The highest BCUT2D eigenvalue weighted by molar-refractivity contribution is 7.99. The van der Waals surface area contributed by atoms with Crippen molar-refractivity contribution in [1.82, 2.24) is 0 Å². The number of benzene rings is 2. The van der Waals surface area contributed by atoms with Crippen molar-refractivity contribution in [3.05, 3.63) is 62.8 Å². The number of hydrogen-bond acceptors (Lipinski definition) is 2. The van der Waals surface area contributed by atoms with Gasteiger partial charge in [-0.25, -0.2) is 4.39 Å². The van der Waals surface area contributed by atoms with E-state index in [0.29, 0.717) is 32.1 Å². The van der Waals surface area contributed by atoms with Gasteiger partial charge in [0.25, 0.3) is 0 Å². The standard InChI is InChI=1S/C15H11Cl3FNOS/c16-11-2-1-3-14(19)10(11)7-22-8-15(21)20-9-4-5-12(17)13(18)6-9/h1-6H,7-8H2,(H,20,21). The largest absolute Gasteiger partial charge is 0.325 e. The van der Waals surface area contributed by atoms with Gasteiger partial charge in [-0.1, -0.05) is 40.9 Å². The van der Waals surface area contributed by atoms with E-state index in [0.717, 1.165) is 0 Å². The molecule has 0 aliphatic rings. The van der Waals surface area contributed by atoms with Gasteiger partial charge < -0.3 is 5.32 Å². The Hall–Kier alpha value is -0.940. The fourth-order valence-corrected chi connectivity index (χ4v) is 3.15. The van der Waals surface area contributed by atoms with Gasteiger partial charge >= 0.3 is 0 Å². The smallest absolute Gasteiger partial charge is 0.234 e. The molecule has 0 atom stereocenters. The summed E-state index contributed by atoms with van der Waals surface area (Å²) in [5, 5.41) is 3.84. The molecule has 2 aromatic carbocycles. The molecule has 0 unspecified atom stereocenters. The van der Waals surface area contributed by atoms with E-state index in [1.807, 2.05) is 0 Å². The lowest BCUT2D eigenvalue weighted by Gasteiger charge is -2.07. The molecule has 116 valence electrons. The molecule has 0 bridgehead atoms. The second-order valence-corrected chi connectivity index (χ2v) is 6.58. The first-order valence-electron chi connectivity index (χ1n) is 6.23. The van der Waals surface area contributed by atoms with E-state index in [1.54, 1.807) is 30.3 Å². The number of rotatable bonds is 5. The Kier molecular flexibility index (Phi) is 6.38. The van der Waals surface area contributed by atoms with E-state index in [4.69, 9.17) is 34.8 Å². The van der Waals surface area contributed by atoms with Gasteiger partial charge in [-0.2, -0.15) is 0 Å². The van der Waals surface area contributed by atoms with Crippen molar-refractivity contribution in [3.8, 4) is 0 Å². The molecule has 0 saturated heterocycles. The summed E-state index contributed by atoms with van der Waals surface area (Å²) in [7, 11) is 0. The van der Waals surface area contributed by atoms with Gasteiger partial charge in [0.2, 0.25) is 5.91 Å². The molecule has 1 N–H and O–H groups in total. The Balaban J connectivity index is 1.86. The zero-order valence-corrected chi connectivity index (χ0v) is 14.3. The Morgan fingerprint density at radius 2 is 1.86 bits per heavy atom. The molecule has 22 heavy (non-hydrogen) atoms. The van der Waals surface area contributed by atoms with Gasteiger partial charge in [0, 0.05) is 22.0 Å². The third kappa shape index (κ3) is 4.78. The third-order valence-corrected chi connectivity index (χ3v) is 4.80. The van der Waals surface area contributed by atoms with Crippen molar-refractivity contribution < 1.29 is 9.18 Å². The molecular weight excluding hydrogens is 368 g/mol. The number of nitrogens with one attached hydrogen (secondary N) is 1. The van der Waals surface area contributed by atoms with Gasteiger partial charge in [-0.05, 0) is 30.3 Å². The average Bonchev–Trinajstić information content (AvgIpc) is 2.46. The van der Waals surface area contributed by atoms with Gasteiger partial charge in [-0.15, -0.1) is 11.8 Å². The van der Waals surface area contributed by atoms with Crippen LogP contribution in [0.15, 0.2) is 36.4 Å². The molecule has 2 aromatic rings. The summed E-state index contributed by atoms with van der Waals surface area (Å²) in [4.78, 5) is 11.8. The normalized spacial score (nSPS) is 10.5. The quantitative estimate of drug-likeness (QED) is 0.727. The number of anilines is 1. The van der Waals surface area contributed by atoms with Crippen LogP contribution in [0.3, 0.4) is 0 Å². The molecule has 0 fully saturated rings. The number of amides is 1. The van der Waals surface area contributed by atoms with Crippen molar-refractivity contribution in [2.45, 2.75) is 5.75 Å². The maximum absolute atomic E-state index is 13.6. The lowest BCUT2D eigenvalue weighted by Crippen LogP contribution is -2.14. The lowest BCUT2D eigenvalue weighted by atomic mass is 10.2. The minimum absolute atomic E-state index is 0.172. The number of carbonyl (C=O) groups excluding carboxylic acids is 1. The molecule has 0 aliphatic heterocycles. The summed E-state index contributed by atoms with van der Waals surface area (Å²) in [5.74, 6) is -0.0914. The molecule has 0 aliphatic carbocycles. The topological polar surface area (TPSA) is 29.1 Å². The summed E-state index contributed by atoms with van der Waals surface area (Å²) < 4.78 is 13.6. The Morgan fingerprint density at radius 3 is 2.55 bits per heavy atom. The highest BCUT2D eigenvalue weighted by Crippen LogP contribution is 2.26. The zero-order valence-electron chi connectivity index (χ0n) is 11.2. The SMILES string of the molecule is O=C(CSCc1c(F)cccc1Cl)Nc1ccc(Cl)c(Cl)c1. The van der Waals surface area contributed by atoms with E-state index in [-0.39, 0.29) is 17.5 Å². The molecular formula is C15H11Cl3FNOS. The molecule has 2 nitrogen and oxygen atoms in total. The molecule has 2 rings (SSSR count). The molecule has 7 heteroatoms. The Morgan fingerprint density at radius 1 is 1.09 bits per heavy atom. The molecule has 0 radical (unpaired) electrons. The lowest BCUT2D eigenvalue weighted by molar-refractivity contribution is -0.113. The van der Waals surface area contributed by atoms with Crippen LogP contribution in [-0.2, 0) is 10.5 Å². The highest BCUT2D eigenvalue weighted by Gasteiger charge is 2.09. The van der Waals surface area contributed by atoms with Gasteiger partial charge in [-0.3, -0.25) is 4.79 Å². The van der Waals surface area contributed by atoms with E-state index < -0.39 is 0 Å². The summed E-state index contributed by atoms with van der Waals surface area (Å²) in [6.45, 7) is 0. The van der Waals surface area contributed by atoms with Crippen LogP contribution in [0.25, 0.3) is 0 Å². The second-order valence-electron chi connectivity index (χ2n) is 4.37. The summed E-state index contributed by atoms with van der Waals surface area (Å²) in [5.41, 5.74) is 0.959. The minimum Gasteiger partial charge on any atom is -0.325 e. The van der Waals surface area contributed by atoms with E-state index in [2.05, 4.69) is 5.32 Å². The van der Waals surface area contributed by atoms with Crippen molar-refractivity contribution in [3.63, 3.8) is 0 Å². The summed E-state index contributed by atoms with van der Waals surface area (Å²) in [6.07, 6.45) is 0. The Bertz CT molecular complexity index is 676. The van der Waals surface area contributed by atoms with Crippen LogP contribution < -0.4 is 5.32 Å². The zero-order chi connectivity index (χ0) is 16.1. The number of hydrogen-bond donors (Lipinski definition) is 1. The third-order valence-electron chi connectivity index (χ3n) is 2.74. The van der Waals surface area contributed by atoms with Gasteiger partial charge in [0.15, 0.2) is 0 Å². The van der Waals surface area contributed by atoms with E-state index in [1.165, 1.54) is 17.8 Å². The monoisotopic (exact) mass is 377 g/mol. The molecule has 0 heterocycles. The predicted molar refractivity (Wildman–Crippen MR) is 92.7 cm³/mol. The summed E-state index contributed by atoms with van der Waals surface area (Å²) in [6, 6.07) is 9.34. The maximum atomic E-state index is 13.6. The molecule has 0 aromatic heterocycles. The predicted octanol–water partition coefficient (Wildman–Crippen LogP) is 5.66. The number of thioether (sulfide) groups is 1. The van der Waals surface area contributed by atoms with Crippen LogP contribution >= 0.6 is 46.6 Å². The average molecular weight is 379 g/mol. The first kappa shape index (κ1) is 17.4. The van der Waals surface area contributed by atoms with Crippen LogP contribution in [0.1, 0.15) is 5.56 Å². The minimum atomic E-state index is -0.370.